The first kappa shape index (κ1) is 21.1. The number of hydrogen-bond acceptors (Lipinski definition) is 5. The van der Waals surface area contributed by atoms with Gasteiger partial charge in [-0.1, -0.05) is 46.1 Å². The predicted molar refractivity (Wildman–Crippen MR) is 85.9 cm³/mol. The Kier molecular flexibility index (Phi) is 11.7. The fraction of sp³-hybridized carbons (Fsp3) is 0.706. The van der Waals surface area contributed by atoms with Gasteiger partial charge in [0.25, 0.3) is 0 Å². The molecule has 0 amide bonds. The van der Waals surface area contributed by atoms with Gasteiger partial charge in [-0.3, -0.25) is 9.59 Å². The number of carboxylic acids is 1. The van der Waals surface area contributed by atoms with E-state index in [0.29, 0.717) is 6.42 Å². The van der Waals surface area contributed by atoms with E-state index in [0.717, 1.165) is 32.1 Å². The molecule has 1 N–H and O–H groups in total. The Morgan fingerprint density at radius 2 is 1.48 bits per heavy atom. The molecule has 0 aromatic heterocycles. The van der Waals surface area contributed by atoms with Gasteiger partial charge in [0.15, 0.2) is 0 Å². The van der Waals surface area contributed by atoms with Gasteiger partial charge in [0, 0.05) is 5.57 Å². The lowest BCUT2D eigenvalue weighted by molar-refractivity contribution is -0.154. The van der Waals surface area contributed by atoms with Crippen molar-refractivity contribution in [3.05, 3.63) is 12.2 Å². The largest absolute Gasteiger partial charge is 0.481 e. The van der Waals surface area contributed by atoms with Crippen LogP contribution in [0.2, 0.25) is 0 Å². The molecule has 0 radical (unpaired) electrons. The topological polar surface area (TPSA) is 89.9 Å². The van der Waals surface area contributed by atoms with Crippen molar-refractivity contribution in [2.75, 3.05) is 13.2 Å². The third-order valence-electron chi connectivity index (χ3n) is 3.32. The molecule has 0 spiro atoms. The molecule has 0 aliphatic carbocycles. The molecule has 1 unspecified atom stereocenters. The maximum Gasteiger partial charge on any atom is 0.334 e. The predicted octanol–water partition coefficient (Wildman–Crippen LogP) is 3.10. The minimum atomic E-state index is -1.20. The van der Waals surface area contributed by atoms with E-state index in [1.165, 1.54) is 0 Å². The summed E-state index contributed by atoms with van der Waals surface area (Å²) in [5.41, 5.74) is -0.163. The summed E-state index contributed by atoms with van der Waals surface area (Å²) in [5, 5.41) is 8.92. The highest BCUT2D eigenvalue weighted by molar-refractivity contribution is 5.96. The van der Waals surface area contributed by atoms with E-state index in [2.05, 4.69) is 6.58 Å². The lowest BCUT2D eigenvalue weighted by atomic mass is 9.97. The summed E-state index contributed by atoms with van der Waals surface area (Å²) in [7, 11) is 0. The molecule has 0 aliphatic rings. The third kappa shape index (κ3) is 9.71. The average Bonchev–Trinajstić information content (AvgIpc) is 2.52. The van der Waals surface area contributed by atoms with Crippen LogP contribution in [-0.4, -0.2) is 36.2 Å². The van der Waals surface area contributed by atoms with Gasteiger partial charge in [0.05, 0.1) is 25.6 Å². The van der Waals surface area contributed by atoms with Crippen molar-refractivity contribution in [1.82, 2.24) is 0 Å². The van der Waals surface area contributed by atoms with E-state index in [1.54, 1.807) is 0 Å². The monoisotopic (exact) mass is 328 g/mol. The molecule has 1 atom stereocenters. The van der Waals surface area contributed by atoms with Crippen molar-refractivity contribution in [3.63, 3.8) is 0 Å². The lowest BCUT2D eigenvalue weighted by Crippen LogP contribution is -2.27. The summed E-state index contributed by atoms with van der Waals surface area (Å²) in [6, 6.07) is 0. The Bertz CT molecular complexity index is 402. The van der Waals surface area contributed by atoms with Gasteiger partial charge < -0.3 is 14.6 Å². The number of esters is 2. The summed E-state index contributed by atoms with van der Waals surface area (Å²) in [5.74, 6) is -3.87. The third-order valence-corrected chi connectivity index (χ3v) is 3.32. The molecule has 0 aliphatic heterocycles. The van der Waals surface area contributed by atoms with Crippen LogP contribution in [0.5, 0.6) is 0 Å². The number of ether oxygens (including phenoxy) is 2. The Balaban J connectivity index is 4.55. The summed E-state index contributed by atoms with van der Waals surface area (Å²) in [6.07, 6.45) is 4.71. The van der Waals surface area contributed by atoms with Gasteiger partial charge in [0.1, 0.15) is 0 Å². The van der Waals surface area contributed by atoms with Crippen LogP contribution in [0.15, 0.2) is 12.2 Å². The van der Waals surface area contributed by atoms with Crippen molar-refractivity contribution in [1.29, 1.82) is 0 Å². The Morgan fingerprint density at radius 1 is 0.957 bits per heavy atom. The SMILES string of the molecule is C=C(C(=O)OCCCCC)C(CC(=O)O)C(=O)OCCCCC. The van der Waals surface area contributed by atoms with Crippen molar-refractivity contribution in [2.45, 2.75) is 58.8 Å². The molecule has 132 valence electrons. The molecule has 0 aromatic rings. The molecule has 0 saturated heterocycles. The Morgan fingerprint density at radius 3 is 1.96 bits per heavy atom. The van der Waals surface area contributed by atoms with Gasteiger partial charge in [-0.25, -0.2) is 4.79 Å². The van der Waals surface area contributed by atoms with Crippen LogP contribution in [0.4, 0.5) is 0 Å². The van der Waals surface area contributed by atoms with Gasteiger partial charge in [0.2, 0.25) is 0 Å². The summed E-state index contributed by atoms with van der Waals surface area (Å²) in [6.45, 7) is 8.02. The van der Waals surface area contributed by atoms with Gasteiger partial charge in [-0.05, 0) is 12.8 Å². The van der Waals surface area contributed by atoms with E-state index >= 15 is 0 Å². The molecule has 0 fully saturated rings. The van der Waals surface area contributed by atoms with Crippen LogP contribution < -0.4 is 0 Å². The molecule has 0 bridgehead atoms. The van der Waals surface area contributed by atoms with E-state index < -0.39 is 30.2 Å². The highest BCUT2D eigenvalue weighted by Crippen LogP contribution is 2.18. The smallest absolute Gasteiger partial charge is 0.334 e. The molecule has 6 heteroatoms. The molecule has 6 nitrogen and oxygen atoms in total. The minimum absolute atomic E-state index is 0.163. The number of rotatable bonds is 13. The highest BCUT2D eigenvalue weighted by atomic mass is 16.5. The van der Waals surface area contributed by atoms with E-state index in [4.69, 9.17) is 14.6 Å². The first-order chi connectivity index (χ1) is 10.9. The molecule has 0 heterocycles. The zero-order valence-electron chi connectivity index (χ0n) is 14.1. The molecule has 0 aromatic carbocycles. The normalized spacial score (nSPS) is 11.6. The number of hydrogen-bond donors (Lipinski definition) is 1. The maximum atomic E-state index is 12.0. The second kappa shape index (κ2) is 12.7. The second-order valence-electron chi connectivity index (χ2n) is 5.39. The van der Waals surface area contributed by atoms with E-state index in [-0.39, 0.29) is 18.8 Å². The summed E-state index contributed by atoms with van der Waals surface area (Å²) < 4.78 is 10.1. The molecular weight excluding hydrogens is 300 g/mol. The van der Waals surface area contributed by atoms with Crippen LogP contribution in [0.1, 0.15) is 58.8 Å². The van der Waals surface area contributed by atoms with Crippen LogP contribution in [0.25, 0.3) is 0 Å². The van der Waals surface area contributed by atoms with Crippen LogP contribution >= 0.6 is 0 Å². The van der Waals surface area contributed by atoms with Crippen molar-refractivity contribution in [3.8, 4) is 0 Å². The van der Waals surface area contributed by atoms with Crippen molar-refractivity contribution >= 4 is 17.9 Å². The zero-order chi connectivity index (χ0) is 17.7. The lowest BCUT2D eigenvalue weighted by Gasteiger charge is -2.16. The molecule has 0 rings (SSSR count). The fourth-order valence-electron chi connectivity index (χ4n) is 1.90. The maximum absolute atomic E-state index is 12.0. The van der Waals surface area contributed by atoms with E-state index in [1.807, 2.05) is 13.8 Å². The van der Waals surface area contributed by atoms with Crippen LogP contribution in [0, 0.1) is 5.92 Å². The zero-order valence-corrected chi connectivity index (χ0v) is 14.1. The van der Waals surface area contributed by atoms with Gasteiger partial charge in [-0.2, -0.15) is 0 Å². The highest BCUT2D eigenvalue weighted by Gasteiger charge is 2.30. The van der Waals surface area contributed by atoms with Crippen LogP contribution in [0.3, 0.4) is 0 Å². The number of carbonyl (C=O) groups excluding carboxylic acids is 2. The molecule has 0 saturated carbocycles. The van der Waals surface area contributed by atoms with Crippen LogP contribution in [-0.2, 0) is 23.9 Å². The number of aliphatic carboxylic acids is 1. The number of unbranched alkanes of at least 4 members (excludes halogenated alkanes) is 4. The van der Waals surface area contributed by atoms with Crippen molar-refractivity contribution < 1.29 is 29.0 Å². The van der Waals surface area contributed by atoms with Crippen molar-refractivity contribution in [2.24, 2.45) is 5.92 Å². The molecule has 23 heavy (non-hydrogen) atoms. The average molecular weight is 328 g/mol. The standard InChI is InChI=1S/C17H28O6/c1-4-6-8-10-22-16(20)13(3)14(12-15(18)19)17(21)23-11-9-7-5-2/h14H,3-12H2,1-2H3,(H,18,19). The van der Waals surface area contributed by atoms with Gasteiger partial charge in [-0.15, -0.1) is 0 Å². The molecular formula is C17H28O6. The first-order valence-corrected chi connectivity index (χ1v) is 8.18. The van der Waals surface area contributed by atoms with E-state index in [9.17, 15) is 14.4 Å². The Hall–Kier alpha value is -1.85. The Labute approximate surface area is 137 Å². The minimum Gasteiger partial charge on any atom is -0.481 e. The number of carbonyl (C=O) groups is 3. The number of carboxylic acid groups (broad SMARTS) is 1. The second-order valence-corrected chi connectivity index (χ2v) is 5.39. The van der Waals surface area contributed by atoms with Gasteiger partial charge >= 0.3 is 17.9 Å². The first-order valence-electron chi connectivity index (χ1n) is 8.18. The quantitative estimate of drug-likeness (QED) is 0.317. The summed E-state index contributed by atoms with van der Waals surface area (Å²) in [4.78, 5) is 34.8. The fourth-order valence-corrected chi connectivity index (χ4v) is 1.90. The summed E-state index contributed by atoms with van der Waals surface area (Å²) >= 11 is 0.